The van der Waals surface area contributed by atoms with Gasteiger partial charge >= 0.3 is 0 Å². The van der Waals surface area contributed by atoms with Gasteiger partial charge < -0.3 is 10.2 Å². The number of carbonyl (C=O) groups is 1. The number of nitrogens with zero attached hydrogens (tertiary/aromatic N) is 1. The molecule has 1 aliphatic carbocycles. The Morgan fingerprint density at radius 2 is 1.83 bits per heavy atom. The van der Waals surface area contributed by atoms with Crippen LogP contribution in [0.2, 0.25) is 0 Å². The van der Waals surface area contributed by atoms with Gasteiger partial charge in [0.05, 0.1) is 5.92 Å². The summed E-state index contributed by atoms with van der Waals surface area (Å²) in [6.45, 7) is 2.91. The lowest BCUT2D eigenvalue weighted by molar-refractivity contribution is -0.143. The molecule has 2 heterocycles. The average Bonchev–Trinajstić information content (AvgIpc) is 2.68. The molecule has 4 atom stereocenters. The normalized spacial score (nSPS) is 33.8. The summed E-state index contributed by atoms with van der Waals surface area (Å²) < 4.78 is 0. The van der Waals surface area contributed by atoms with Crippen LogP contribution in [0.5, 0.6) is 0 Å². The van der Waals surface area contributed by atoms with Gasteiger partial charge in [-0.3, -0.25) is 4.79 Å². The number of likely N-dealkylation sites (tertiary alicyclic amines) is 1. The quantitative estimate of drug-likeness (QED) is 0.901. The van der Waals surface area contributed by atoms with E-state index in [1.54, 1.807) is 0 Å². The van der Waals surface area contributed by atoms with Crippen molar-refractivity contribution in [1.29, 1.82) is 0 Å². The number of fused-ring (bicyclic) bond motifs is 1. The summed E-state index contributed by atoms with van der Waals surface area (Å²) in [5.41, 5.74) is 1.49. The van der Waals surface area contributed by atoms with E-state index < -0.39 is 0 Å². The Balaban J connectivity index is 1.53. The summed E-state index contributed by atoms with van der Waals surface area (Å²) in [5.74, 6) is 1.96. The second-order valence-corrected chi connectivity index (χ2v) is 7.90. The van der Waals surface area contributed by atoms with Gasteiger partial charge in [0.15, 0.2) is 0 Å². The van der Waals surface area contributed by atoms with Crippen LogP contribution in [0.25, 0.3) is 0 Å². The van der Waals surface area contributed by atoms with E-state index in [1.807, 2.05) is 0 Å². The fourth-order valence-electron chi connectivity index (χ4n) is 5.34. The first-order chi connectivity index (χ1) is 11.8. The molecule has 0 aromatic heterocycles. The Morgan fingerprint density at radius 1 is 1.00 bits per heavy atom. The lowest BCUT2D eigenvalue weighted by Crippen LogP contribution is -2.55. The molecule has 2 aliphatic heterocycles. The molecule has 0 spiro atoms. The molecule has 1 unspecified atom stereocenters. The molecule has 130 valence electrons. The van der Waals surface area contributed by atoms with Crippen LogP contribution < -0.4 is 5.32 Å². The molecule has 24 heavy (non-hydrogen) atoms. The third-order valence-electron chi connectivity index (χ3n) is 6.54. The lowest BCUT2D eigenvalue weighted by atomic mass is 9.69. The van der Waals surface area contributed by atoms with Crippen LogP contribution >= 0.6 is 0 Å². The fraction of sp³-hybridized carbons (Fsp3) is 0.667. The highest BCUT2D eigenvalue weighted by Gasteiger charge is 2.42. The first-order valence-electron chi connectivity index (χ1n) is 9.91. The zero-order valence-electron chi connectivity index (χ0n) is 14.6. The highest BCUT2D eigenvalue weighted by molar-refractivity contribution is 5.79. The minimum absolute atomic E-state index is 0.217. The number of benzene rings is 1. The Kier molecular flexibility index (Phi) is 4.88. The summed E-state index contributed by atoms with van der Waals surface area (Å²) in [6.07, 6.45) is 8.47. The van der Waals surface area contributed by atoms with Crippen LogP contribution in [0.1, 0.15) is 56.4 Å². The minimum Gasteiger partial charge on any atom is -0.339 e. The number of hydrogen-bond donors (Lipinski definition) is 1. The van der Waals surface area contributed by atoms with Gasteiger partial charge in [0.25, 0.3) is 0 Å². The molecular formula is C21H30N2O. The average molecular weight is 326 g/mol. The smallest absolute Gasteiger partial charge is 0.227 e. The number of carbonyl (C=O) groups excluding carboxylic acids is 1. The van der Waals surface area contributed by atoms with Crippen LogP contribution in [-0.4, -0.2) is 36.5 Å². The molecule has 1 aromatic carbocycles. The first-order valence-corrected chi connectivity index (χ1v) is 9.91. The summed E-state index contributed by atoms with van der Waals surface area (Å²) >= 11 is 0. The van der Waals surface area contributed by atoms with Gasteiger partial charge in [0.1, 0.15) is 0 Å². The van der Waals surface area contributed by atoms with E-state index in [0.29, 0.717) is 23.8 Å². The summed E-state index contributed by atoms with van der Waals surface area (Å²) in [6, 6.07) is 11.5. The second kappa shape index (κ2) is 7.26. The van der Waals surface area contributed by atoms with E-state index in [4.69, 9.17) is 0 Å². The summed E-state index contributed by atoms with van der Waals surface area (Å²) in [7, 11) is 0. The first kappa shape index (κ1) is 16.1. The van der Waals surface area contributed by atoms with Crippen molar-refractivity contribution in [1.82, 2.24) is 10.2 Å². The zero-order valence-corrected chi connectivity index (χ0v) is 14.6. The summed E-state index contributed by atoms with van der Waals surface area (Å²) in [4.78, 5) is 15.4. The van der Waals surface area contributed by atoms with Gasteiger partial charge in [-0.1, -0.05) is 43.2 Å². The van der Waals surface area contributed by atoms with Gasteiger partial charge in [0, 0.05) is 19.1 Å². The van der Waals surface area contributed by atoms with Gasteiger partial charge in [-0.15, -0.1) is 0 Å². The number of rotatable bonds is 2. The SMILES string of the molecule is O=C(C1CCCNC1)N1CC[C@H](c2ccccc2)[C@H]2CCCC[C@H]21. The van der Waals surface area contributed by atoms with Crippen molar-refractivity contribution in [2.24, 2.45) is 11.8 Å². The minimum atomic E-state index is 0.217. The zero-order chi connectivity index (χ0) is 16.4. The Morgan fingerprint density at radius 3 is 2.62 bits per heavy atom. The number of piperidine rings is 2. The Bertz CT molecular complexity index is 552. The van der Waals surface area contributed by atoms with E-state index in [-0.39, 0.29) is 5.92 Å². The predicted molar refractivity (Wildman–Crippen MR) is 96.9 cm³/mol. The maximum atomic E-state index is 13.1. The predicted octanol–water partition coefficient (Wildman–Crippen LogP) is 3.56. The van der Waals surface area contributed by atoms with Crippen molar-refractivity contribution < 1.29 is 4.79 Å². The molecule has 4 rings (SSSR count). The van der Waals surface area contributed by atoms with Crippen LogP contribution in [0.3, 0.4) is 0 Å². The van der Waals surface area contributed by atoms with E-state index in [2.05, 4.69) is 40.5 Å². The molecule has 1 amide bonds. The van der Waals surface area contributed by atoms with Crippen molar-refractivity contribution in [2.75, 3.05) is 19.6 Å². The maximum Gasteiger partial charge on any atom is 0.227 e. The molecule has 0 radical (unpaired) electrons. The Labute approximate surface area is 145 Å². The molecule has 3 nitrogen and oxygen atoms in total. The third-order valence-corrected chi connectivity index (χ3v) is 6.54. The number of amides is 1. The van der Waals surface area contributed by atoms with Gasteiger partial charge in [0.2, 0.25) is 5.91 Å². The number of nitrogens with one attached hydrogen (secondary N) is 1. The van der Waals surface area contributed by atoms with Crippen molar-refractivity contribution in [2.45, 2.75) is 56.9 Å². The molecule has 1 aromatic rings. The highest BCUT2D eigenvalue weighted by Crippen LogP contribution is 2.44. The molecular weight excluding hydrogens is 296 g/mol. The van der Waals surface area contributed by atoms with E-state index in [1.165, 1.54) is 31.2 Å². The van der Waals surface area contributed by atoms with Crippen LogP contribution in [0.4, 0.5) is 0 Å². The molecule has 3 fully saturated rings. The summed E-state index contributed by atoms with van der Waals surface area (Å²) in [5, 5.41) is 3.41. The van der Waals surface area contributed by atoms with Crippen molar-refractivity contribution in [3.8, 4) is 0 Å². The molecule has 3 heteroatoms. The van der Waals surface area contributed by atoms with Crippen molar-refractivity contribution in [3.05, 3.63) is 35.9 Å². The van der Waals surface area contributed by atoms with Gasteiger partial charge in [-0.25, -0.2) is 0 Å². The molecule has 1 saturated carbocycles. The molecule has 0 bridgehead atoms. The monoisotopic (exact) mass is 326 g/mol. The molecule has 3 aliphatic rings. The fourth-order valence-corrected chi connectivity index (χ4v) is 5.34. The second-order valence-electron chi connectivity index (χ2n) is 7.90. The van der Waals surface area contributed by atoms with E-state index >= 15 is 0 Å². The largest absolute Gasteiger partial charge is 0.339 e. The van der Waals surface area contributed by atoms with Crippen molar-refractivity contribution in [3.63, 3.8) is 0 Å². The maximum absolute atomic E-state index is 13.1. The van der Waals surface area contributed by atoms with Gasteiger partial charge in [-0.05, 0) is 56.0 Å². The van der Waals surface area contributed by atoms with Crippen LogP contribution in [-0.2, 0) is 4.79 Å². The van der Waals surface area contributed by atoms with E-state index in [9.17, 15) is 4.79 Å². The standard InChI is InChI=1S/C21H30N2O/c24-21(17-9-6-13-22-15-17)23-14-12-18(16-7-2-1-3-8-16)19-10-4-5-11-20(19)23/h1-3,7-8,17-20,22H,4-6,9-15H2/t17?,18-,19-,20-/m1/s1. The van der Waals surface area contributed by atoms with Crippen LogP contribution in [0.15, 0.2) is 30.3 Å². The molecule has 1 N–H and O–H groups in total. The highest BCUT2D eigenvalue weighted by atomic mass is 16.2. The number of hydrogen-bond acceptors (Lipinski definition) is 2. The molecule has 2 saturated heterocycles. The topological polar surface area (TPSA) is 32.3 Å². The van der Waals surface area contributed by atoms with Crippen LogP contribution in [0, 0.1) is 11.8 Å². The Hall–Kier alpha value is -1.35. The van der Waals surface area contributed by atoms with Gasteiger partial charge in [-0.2, -0.15) is 0 Å². The lowest BCUT2D eigenvalue weighted by Gasteiger charge is -2.49. The third kappa shape index (κ3) is 3.11. The van der Waals surface area contributed by atoms with Crippen molar-refractivity contribution >= 4 is 5.91 Å². The van der Waals surface area contributed by atoms with E-state index in [0.717, 1.165) is 38.9 Å².